The molecule has 2 aromatic rings. The predicted octanol–water partition coefficient (Wildman–Crippen LogP) is 2.04. The van der Waals surface area contributed by atoms with E-state index in [-0.39, 0.29) is 75.2 Å². The Morgan fingerprint density at radius 3 is 2.70 bits per heavy atom. The number of amides is 2. The lowest BCUT2D eigenvalue weighted by Crippen LogP contribution is -2.48. The van der Waals surface area contributed by atoms with E-state index < -0.39 is 18.6 Å². The number of halogens is 3. The number of carbonyl (C=O) groups excluding carboxylic acids is 2. The second-order valence-corrected chi connectivity index (χ2v) is 8.36. The molecule has 0 aliphatic carbocycles. The molecule has 4 rings (SSSR count). The SMILES string of the molecule is N[C@@H](CC(=O)N1CCc2c(nc(-c3ccncc3)nc2C(F)F)C1)CN1CC(F)CCC1=O. The van der Waals surface area contributed by atoms with Gasteiger partial charge in [-0.1, -0.05) is 0 Å². The summed E-state index contributed by atoms with van der Waals surface area (Å²) < 4.78 is 41.0. The average Bonchev–Trinajstić information content (AvgIpc) is 2.80. The Morgan fingerprint density at radius 1 is 1.21 bits per heavy atom. The Labute approximate surface area is 189 Å². The second-order valence-electron chi connectivity index (χ2n) is 8.36. The minimum atomic E-state index is -2.76. The van der Waals surface area contributed by atoms with Gasteiger partial charge < -0.3 is 15.5 Å². The summed E-state index contributed by atoms with van der Waals surface area (Å²) >= 11 is 0. The molecule has 0 radical (unpaired) electrons. The van der Waals surface area contributed by atoms with Gasteiger partial charge in [0, 0.05) is 55.5 Å². The molecule has 33 heavy (non-hydrogen) atoms. The van der Waals surface area contributed by atoms with E-state index in [0.29, 0.717) is 16.8 Å². The van der Waals surface area contributed by atoms with Crippen molar-refractivity contribution in [2.75, 3.05) is 19.6 Å². The third-order valence-electron chi connectivity index (χ3n) is 5.93. The van der Waals surface area contributed by atoms with Crippen molar-refractivity contribution < 1.29 is 22.8 Å². The lowest BCUT2D eigenvalue weighted by molar-refractivity contribution is -0.137. The fourth-order valence-corrected chi connectivity index (χ4v) is 4.23. The molecule has 2 N–H and O–H groups in total. The summed E-state index contributed by atoms with van der Waals surface area (Å²) in [4.78, 5) is 40.1. The van der Waals surface area contributed by atoms with Gasteiger partial charge in [-0.3, -0.25) is 14.6 Å². The minimum absolute atomic E-state index is 0.0110. The molecule has 1 fully saturated rings. The summed E-state index contributed by atoms with van der Waals surface area (Å²) in [5.74, 6) is -0.280. The van der Waals surface area contributed by atoms with Crippen LogP contribution in [0, 0.1) is 0 Å². The summed E-state index contributed by atoms with van der Waals surface area (Å²) in [5.41, 5.74) is 7.06. The van der Waals surface area contributed by atoms with Gasteiger partial charge in [0.15, 0.2) is 5.82 Å². The van der Waals surface area contributed by atoms with E-state index in [9.17, 15) is 22.8 Å². The first-order valence-corrected chi connectivity index (χ1v) is 10.8. The van der Waals surface area contributed by atoms with Crippen molar-refractivity contribution in [3.05, 3.63) is 41.5 Å². The molecule has 8 nitrogen and oxygen atoms in total. The number of fused-ring (bicyclic) bond motifs is 1. The molecule has 0 spiro atoms. The van der Waals surface area contributed by atoms with Gasteiger partial charge in [-0.25, -0.2) is 23.1 Å². The molecule has 2 amide bonds. The highest BCUT2D eigenvalue weighted by atomic mass is 19.3. The van der Waals surface area contributed by atoms with Gasteiger partial charge in [-0.2, -0.15) is 0 Å². The Hall–Kier alpha value is -3.08. The van der Waals surface area contributed by atoms with Crippen molar-refractivity contribution in [3.8, 4) is 11.4 Å². The van der Waals surface area contributed by atoms with Crippen LogP contribution in [-0.4, -0.2) is 68.4 Å². The standard InChI is InChI=1S/C22H25F3N6O2/c23-14-1-2-18(32)31(10-14)11-15(26)9-19(33)30-8-5-16-17(12-30)28-22(29-20(16)21(24)25)13-3-6-27-7-4-13/h3-4,6-7,14-15,21H,1-2,5,8-12,26H2/t14?,15-/m0/s1. The zero-order valence-corrected chi connectivity index (χ0v) is 18.0. The highest BCUT2D eigenvalue weighted by Gasteiger charge is 2.31. The molecule has 2 atom stereocenters. The number of hydrogen-bond acceptors (Lipinski definition) is 6. The summed E-state index contributed by atoms with van der Waals surface area (Å²) in [5, 5.41) is 0. The van der Waals surface area contributed by atoms with E-state index in [4.69, 9.17) is 5.73 Å². The molecule has 0 bridgehead atoms. The third kappa shape index (κ3) is 5.29. The maximum atomic E-state index is 13.7. The first-order valence-electron chi connectivity index (χ1n) is 10.8. The number of nitrogens with two attached hydrogens (primary N) is 1. The quantitative estimate of drug-likeness (QED) is 0.705. The van der Waals surface area contributed by atoms with Crippen molar-refractivity contribution in [2.24, 2.45) is 5.73 Å². The number of piperidine rings is 1. The predicted molar refractivity (Wildman–Crippen MR) is 113 cm³/mol. The molecule has 2 aromatic heterocycles. The van der Waals surface area contributed by atoms with Crippen molar-refractivity contribution in [1.29, 1.82) is 0 Å². The Morgan fingerprint density at radius 2 is 1.97 bits per heavy atom. The lowest BCUT2D eigenvalue weighted by atomic mass is 10.0. The maximum Gasteiger partial charge on any atom is 0.280 e. The van der Waals surface area contributed by atoms with Crippen molar-refractivity contribution >= 4 is 11.8 Å². The van der Waals surface area contributed by atoms with Gasteiger partial charge in [-0.15, -0.1) is 0 Å². The molecular weight excluding hydrogens is 437 g/mol. The van der Waals surface area contributed by atoms with E-state index in [1.54, 1.807) is 12.1 Å². The number of pyridine rings is 1. The highest BCUT2D eigenvalue weighted by molar-refractivity contribution is 5.78. The van der Waals surface area contributed by atoms with Crippen LogP contribution in [0.4, 0.5) is 13.2 Å². The van der Waals surface area contributed by atoms with E-state index in [0.717, 1.165) is 0 Å². The molecule has 11 heteroatoms. The number of nitrogens with zero attached hydrogens (tertiary/aromatic N) is 5. The van der Waals surface area contributed by atoms with Gasteiger partial charge in [0.1, 0.15) is 11.9 Å². The van der Waals surface area contributed by atoms with Crippen LogP contribution in [0.5, 0.6) is 0 Å². The molecule has 2 aliphatic rings. The summed E-state index contributed by atoms with van der Waals surface area (Å²) in [6.07, 6.45) is -0.287. The van der Waals surface area contributed by atoms with E-state index in [1.165, 1.54) is 22.2 Å². The van der Waals surface area contributed by atoms with Gasteiger partial charge in [0.05, 0.1) is 18.8 Å². The highest BCUT2D eigenvalue weighted by Crippen LogP contribution is 2.30. The first-order chi connectivity index (χ1) is 15.8. The van der Waals surface area contributed by atoms with Crippen molar-refractivity contribution in [1.82, 2.24) is 24.8 Å². The normalized spacial score (nSPS) is 19.5. The lowest BCUT2D eigenvalue weighted by Gasteiger charge is -2.33. The fourth-order valence-electron chi connectivity index (χ4n) is 4.23. The largest absolute Gasteiger partial charge is 0.338 e. The van der Waals surface area contributed by atoms with E-state index in [2.05, 4.69) is 15.0 Å². The summed E-state index contributed by atoms with van der Waals surface area (Å²) in [6.45, 7) is 0.393. The van der Waals surface area contributed by atoms with Crippen LogP contribution in [-0.2, 0) is 22.6 Å². The average molecular weight is 462 g/mol. The molecule has 1 unspecified atom stereocenters. The van der Waals surface area contributed by atoms with E-state index >= 15 is 0 Å². The molecule has 4 heterocycles. The molecule has 0 saturated carbocycles. The third-order valence-corrected chi connectivity index (χ3v) is 5.93. The number of likely N-dealkylation sites (tertiary alicyclic amines) is 1. The van der Waals surface area contributed by atoms with Gasteiger partial charge in [-0.05, 0) is 25.0 Å². The zero-order valence-electron chi connectivity index (χ0n) is 18.0. The minimum Gasteiger partial charge on any atom is -0.338 e. The van der Waals surface area contributed by atoms with Gasteiger partial charge >= 0.3 is 0 Å². The number of carbonyl (C=O) groups is 2. The molecule has 1 saturated heterocycles. The number of alkyl halides is 3. The van der Waals surface area contributed by atoms with Crippen LogP contribution in [0.3, 0.4) is 0 Å². The smallest absolute Gasteiger partial charge is 0.280 e. The first kappa shape index (κ1) is 23.1. The van der Waals surface area contributed by atoms with Crippen LogP contribution in [0.1, 0.15) is 42.6 Å². The molecule has 2 aliphatic heterocycles. The molecular formula is C22H25F3N6O2. The van der Waals surface area contributed by atoms with Gasteiger partial charge in [0.25, 0.3) is 6.43 Å². The maximum absolute atomic E-state index is 13.7. The zero-order chi connectivity index (χ0) is 23.5. The monoisotopic (exact) mass is 462 g/mol. The number of aromatic nitrogens is 3. The Kier molecular flexibility index (Phi) is 6.87. The number of hydrogen-bond donors (Lipinski definition) is 1. The fraction of sp³-hybridized carbons (Fsp3) is 0.500. The Balaban J connectivity index is 1.46. The summed E-state index contributed by atoms with van der Waals surface area (Å²) in [7, 11) is 0. The van der Waals surface area contributed by atoms with Crippen molar-refractivity contribution in [2.45, 2.75) is 50.9 Å². The molecule has 0 aromatic carbocycles. The summed E-state index contributed by atoms with van der Waals surface area (Å²) in [6, 6.07) is 2.61. The van der Waals surface area contributed by atoms with Crippen LogP contribution in [0.2, 0.25) is 0 Å². The van der Waals surface area contributed by atoms with Gasteiger partial charge in [0.2, 0.25) is 11.8 Å². The van der Waals surface area contributed by atoms with Crippen LogP contribution >= 0.6 is 0 Å². The van der Waals surface area contributed by atoms with Crippen LogP contribution < -0.4 is 5.73 Å². The topological polar surface area (TPSA) is 105 Å². The second kappa shape index (κ2) is 9.82. The van der Waals surface area contributed by atoms with E-state index in [1.807, 2.05) is 0 Å². The molecule has 176 valence electrons. The number of rotatable bonds is 6. The van der Waals surface area contributed by atoms with Crippen LogP contribution in [0.15, 0.2) is 24.5 Å². The Bertz CT molecular complexity index is 1020. The van der Waals surface area contributed by atoms with Crippen molar-refractivity contribution in [3.63, 3.8) is 0 Å². The van der Waals surface area contributed by atoms with Crippen LogP contribution in [0.25, 0.3) is 11.4 Å².